The second-order valence-electron chi connectivity index (χ2n) is 6.78. The lowest BCUT2D eigenvalue weighted by Crippen LogP contribution is -2.47. The Morgan fingerprint density at radius 3 is 2.50 bits per heavy atom. The third-order valence-corrected chi connectivity index (χ3v) is 4.45. The molecule has 1 atom stereocenters. The molecule has 0 aliphatic rings. The van der Waals surface area contributed by atoms with Crippen LogP contribution in [-0.4, -0.2) is 60.5 Å². The van der Waals surface area contributed by atoms with Crippen LogP contribution in [0.3, 0.4) is 0 Å². The molecule has 0 aliphatic heterocycles. The Hall–Kier alpha value is -3.63. The number of hydrogen-bond acceptors (Lipinski definition) is 8. The van der Waals surface area contributed by atoms with E-state index in [4.69, 9.17) is 9.47 Å². The average Bonchev–Trinajstić information content (AvgIpc) is 2.78. The van der Waals surface area contributed by atoms with E-state index < -0.39 is 24.0 Å². The predicted molar refractivity (Wildman–Crippen MR) is 118 cm³/mol. The number of ether oxygens (including phenoxy) is 2. The Balaban J connectivity index is 1.78. The lowest BCUT2D eigenvalue weighted by atomic mass is 10.1. The van der Waals surface area contributed by atoms with Crippen molar-refractivity contribution in [2.24, 2.45) is 0 Å². The number of benzene rings is 1. The summed E-state index contributed by atoms with van der Waals surface area (Å²) in [5.41, 5.74) is -0.261. The van der Waals surface area contributed by atoms with E-state index in [1.165, 1.54) is 0 Å². The summed E-state index contributed by atoms with van der Waals surface area (Å²) in [6.07, 6.45) is 0.634. The maximum Gasteiger partial charge on any atom is 0.328 e. The number of aromatic amines is 1. The summed E-state index contributed by atoms with van der Waals surface area (Å²) in [6, 6.07) is 5.63. The molecule has 0 bridgehead atoms. The minimum atomic E-state index is -0.950. The van der Waals surface area contributed by atoms with Crippen LogP contribution in [0.4, 0.5) is 10.6 Å². The minimum absolute atomic E-state index is 0.0123. The van der Waals surface area contributed by atoms with Crippen molar-refractivity contribution >= 4 is 34.6 Å². The molecule has 0 unspecified atom stereocenters. The van der Waals surface area contributed by atoms with E-state index in [1.54, 1.807) is 32.0 Å². The standard InChI is InChI=1S/C21H29N5O6/c1-3-31-17(27)11-10-16(20(29)32-4-2)24-21(30)23-13-7-12-22-18-14-8-5-6-9-15(14)19(28)26-25-18/h5-6,8-9,16H,3-4,7,10-13H2,1-2H3,(H,22,25)(H,26,28)(H2,23,24,30)/t16-/m0/s1. The first-order valence-electron chi connectivity index (χ1n) is 10.5. The highest BCUT2D eigenvalue weighted by atomic mass is 16.5. The van der Waals surface area contributed by atoms with Crippen LogP contribution >= 0.6 is 0 Å². The van der Waals surface area contributed by atoms with E-state index >= 15 is 0 Å². The fourth-order valence-electron chi connectivity index (χ4n) is 2.94. The molecule has 174 valence electrons. The summed E-state index contributed by atoms with van der Waals surface area (Å²) in [5.74, 6) is -0.505. The van der Waals surface area contributed by atoms with Gasteiger partial charge in [-0.3, -0.25) is 9.59 Å². The third kappa shape index (κ3) is 7.56. The Morgan fingerprint density at radius 2 is 1.78 bits per heavy atom. The topological polar surface area (TPSA) is 152 Å². The quantitative estimate of drug-likeness (QED) is 0.281. The van der Waals surface area contributed by atoms with Crippen molar-refractivity contribution in [1.82, 2.24) is 20.8 Å². The number of nitrogens with one attached hydrogen (secondary N) is 4. The summed E-state index contributed by atoms with van der Waals surface area (Å²) in [7, 11) is 0. The molecule has 1 aromatic heterocycles. The number of aromatic nitrogens is 2. The second kappa shape index (κ2) is 12.9. The summed E-state index contributed by atoms with van der Waals surface area (Å²) in [6.45, 7) is 4.58. The number of H-pyrrole nitrogens is 1. The molecule has 0 saturated carbocycles. The van der Waals surface area contributed by atoms with E-state index in [1.807, 2.05) is 6.07 Å². The van der Waals surface area contributed by atoms with Gasteiger partial charge in [0.1, 0.15) is 6.04 Å². The van der Waals surface area contributed by atoms with Crippen LogP contribution in [0.2, 0.25) is 0 Å². The molecule has 2 rings (SSSR count). The molecule has 0 fully saturated rings. The van der Waals surface area contributed by atoms with Gasteiger partial charge in [-0.2, -0.15) is 5.10 Å². The van der Waals surface area contributed by atoms with Crippen molar-refractivity contribution in [2.75, 3.05) is 31.6 Å². The summed E-state index contributed by atoms with van der Waals surface area (Å²) >= 11 is 0. The van der Waals surface area contributed by atoms with Crippen molar-refractivity contribution in [2.45, 2.75) is 39.2 Å². The van der Waals surface area contributed by atoms with Crippen LogP contribution in [0.25, 0.3) is 10.8 Å². The molecule has 1 aromatic carbocycles. The van der Waals surface area contributed by atoms with Gasteiger partial charge in [0.2, 0.25) is 0 Å². The van der Waals surface area contributed by atoms with E-state index in [9.17, 15) is 19.2 Å². The lowest BCUT2D eigenvalue weighted by Gasteiger charge is -2.17. The number of hydrogen-bond donors (Lipinski definition) is 4. The Labute approximate surface area is 185 Å². The first-order valence-corrected chi connectivity index (χ1v) is 10.5. The number of fused-ring (bicyclic) bond motifs is 1. The maximum atomic E-state index is 12.2. The molecule has 0 radical (unpaired) electrons. The largest absolute Gasteiger partial charge is 0.466 e. The smallest absolute Gasteiger partial charge is 0.328 e. The van der Waals surface area contributed by atoms with Crippen LogP contribution < -0.4 is 21.5 Å². The normalized spacial score (nSPS) is 11.4. The minimum Gasteiger partial charge on any atom is -0.466 e. The molecule has 0 aliphatic carbocycles. The van der Waals surface area contributed by atoms with Gasteiger partial charge in [-0.05, 0) is 32.8 Å². The van der Waals surface area contributed by atoms with Gasteiger partial charge in [-0.25, -0.2) is 14.7 Å². The summed E-state index contributed by atoms with van der Waals surface area (Å²) in [5, 5.41) is 16.0. The van der Waals surface area contributed by atoms with Gasteiger partial charge < -0.3 is 25.4 Å². The van der Waals surface area contributed by atoms with Crippen LogP contribution in [0.15, 0.2) is 29.1 Å². The second-order valence-corrected chi connectivity index (χ2v) is 6.78. The zero-order valence-electron chi connectivity index (χ0n) is 18.2. The van der Waals surface area contributed by atoms with Gasteiger partial charge in [0, 0.05) is 24.9 Å². The van der Waals surface area contributed by atoms with E-state index in [0.29, 0.717) is 36.1 Å². The van der Waals surface area contributed by atoms with E-state index in [2.05, 4.69) is 26.1 Å². The van der Waals surface area contributed by atoms with Crippen LogP contribution in [0, 0.1) is 0 Å². The zero-order chi connectivity index (χ0) is 23.3. The van der Waals surface area contributed by atoms with E-state index in [-0.39, 0.29) is 31.6 Å². The Kier molecular flexibility index (Phi) is 9.95. The highest BCUT2D eigenvalue weighted by molar-refractivity contribution is 5.90. The number of nitrogens with zero attached hydrogens (tertiary/aromatic N) is 1. The first kappa shape index (κ1) is 24.6. The van der Waals surface area contributed by atoms with Crippen LogP contribution in [-0.2, 0) is 19.1 Å². The van der Waals surface area contributed by atoms with Gasteiger partial charge in [-0.1, -0.05) is 18.2 Å². The molecule has 2 aromatic rings. The number of rotatable bonds is 12. The Morgan fingerprint density at radius 1 is 1.06 bits per heavy atom. The number of anilines is 1. The van der Waals surface area contributed by atoms with Gasteiger partial charge in [0.25, 0.3) is 5.56 Å². The molecule has 11 heteroatoms. The number of urea groups is 1. The molecular formula is C21H29N5O6. The monoisotopic (exact) mass is 447 g/mol. The number of carbonyl (C=O) groups is 3. The molecule has 1 heterocycles. The van der Waals surface area contributed by atoms with Crippen molar-refractivity contribution < 1.29 is 23.9 Å². The molecule has 0 saturated heterocycles. The SMILES string of the molecule is CCOC(=O)CC[C@H](NC(=O)NCCCNc1n[nH]c(=O)c2ccccc12)C(=O)OCC. The van der Waals surface area contributed by atoms with Crippen molar-refractivity contribution in [3.63, 3.8) is 0 Å². The fourth-order valence-corrected chi connectivity index (χ4v) is 2.94. The highest BCUT2D eigenvalue weighted by Gasteiger charge is 2.23. The van der Waals surface area contributed by atoms with Crippen molar-refractivity contribution in [3.05, 3.63) is 34.6 Å². The first-order chi connectivity index (χ1) is 15.5. The average molecular weight is 447 g/mol. The third-order valence-electron chi connectivity index (χ3n) is 4.45. The highest BCUT2D eigenvalue weighted by Crippen LogP contribution is 2.16. The van der Waals surface area contributed by atoms with Gasteiger partial charge in [0.05, 0.1) is 18.6 Å². The molecular weight excluding hydrogens is 418 g/mol. The molecule has 11 nitrogen and oxygen atoms in total. The number of amides is 2. The van der Waals surface area contributed by atoms with Gasteiger partial charge in [-0.15, -0.1) is 0 Å². The zero-order valence-corrected chi connectivity index (χ0v) is 18.2. The predicted octanol–water partition coefficient (Wildman–Crippen LogP) is 1.30. The number of carbonyl (C=O) groups excluding carboxylic acids is 3. The van der Waals surface area contributed by atoms with Crippen molar-refractivity contribution in [1.29, 1.82) is 0 Å². The molecule has 2 amide bonds. The maximum absolute atomic E-state index is 12.2. The van der Waals surface area contributed by atoms with Crippen LogP contribution in [0.5, 0.6) is 0 Å². The van der Waals surface area contributed by atoms with Crippen molar-refractivity contribution in [3.8, 4) is 0 Å². The summed E-state index contributed by atoms with van der Waals surface area (Å²) < 4.78 is 9.80. The Bertz CT molecular complexity index is 977. The van der Waals surface area contributed by atoms with Gasteiger partial charge in [0.15, 0.2) is 5.82 Å². The molecule has 0 spiro atoms. The van der Waals surface area contributed by atoms with Crippen LogP contribution in [0.1, 0.15) is 33.1 Å². The molecule has 4 N–H and O–H groups in total. The van der Waals surface area contributed by atoms with Gasteiger partial charge >= 0.3 is 18.0 Å². The number of esters is 2. The molecule has 32 heavy (non-hydrogen) atoms. The summed E-state index contributed by atoms with van der Waals surface area (Å²) in [4.78, 5) is 47.6. The van der Waals surface area contributed by atoms with E-state index in [0.717, 1.165) is 0 Å². The lowest BCUT2D eigenvalue weighted by molar-refractivity contribution is -0.146. The fraction of sp³-hybridized carbons (Fsp3) is 0.476.